The number of phenols is 1. The van der Waals surface area contributed by atoms with E-state index in [4.69, 9.17) is 4.74 Å². The number of carbonyl (C=O) groups excluding carboxylic acids is 3. The number of aliphatic carboxylic acids is 1. The molecule has 1 heterocycles. The van der Waals surface area contributed by atoms with Crippen molar-refractivity contribution in [2.75, 3.05) is 19.7 Å². The fraction of sp³-hybridized carbons (Fsp3) is 0.643. The van der Waals surface area contributed by atoms with Crippen molar-refractivity contribution in [1.29, 1.82) is 0 Å². The van der Waals surface area contributed by atoms with E-state index < -0.39 is 42.1 Å². The summed E-state index contributed by atoms with van der Waals surface area (Å²) in [7, 11) is 0. The van der Waals surface area contributed by atoms with Crippen LogP contribution in [0.4, 0.5) is 0 Å². The molecule has 218 valence electrons. The van der Waals surface area contributed by atoms with E-state index in [1.807, 2.05) is 27.7 Å². The molecule has 1 aliphatic rings. The first-order chi connectivity index (χ1) is 18.4. The number of nitrogens with one attached hydrogen (secondary N) is 3. The zero-order chi connectivity index (χ0) is 29.2. The van der Waals surface area contributed by atoms with Gasteiger partial charge in [0.25, 0.3) is 0 Å². The number of aromatic hydroxyl groups is 1. The summed E-state index contributed by atoms with van der Waals surface area (Å²) < 4.78 is 5.74. The van der Waals surface area contributed by atoms with Crippen LogP contribution in [0.25, 0.3) is 0 Å². The van der Waals surface area contributed by atoms with Gasteiger partial charge in [-0.05, 0) is 41.9 Å². The lowest BCUT2D eigenvalue weighted by Crippen LogP contribution is -2.61. The van der Waals surface area contributed by atoms with E-state index in [2.05, 4.69) is 16.0 Å². The number of benzene rings is 1. The molecule has 11 nitrogen and oxygen atoms in total. The summed E-state index contributed by atoms with van der Waals surface area (Å²) in [6.45, 7) is 11.0. The first-order valence-electron chi connectivity index (χ1n) is 13.5. The average Bonchev–Trinajstić information content (AvgIpc) is 2.89. The average molecular weight is 549 g/mol. The maximum Gasteiger partial charge on any atom is 0.326 e. The van der Waals surface area contributed by atoms with Gasteiger partial charge in [0.05, 0.1) is 6.61 Å². The Hall–Kier alpha value is -3.18. The molecule has 1 fully saturated rings. The molecule has 0 aliphatic carbocycles. The second-order valence-electron chi connectivity index (χ2n) is 11.3. The van der Waals surface area contributed by atoms with Crippen molar-refractivity contribution in [3.8, 4) is 5.75 Å². The number of hydrogen-bond acceptors (Lipinski definition) is 7. The van der Waals surface area contributed by atoms with E-state index in [9.17, 15) is 29.4 Å². The topological polar surface area (TPSA) is 157 Å². The predicted molar refractivity (Wildman–Crippen MR) is 146 cm³/mol. The highest BCUT2D eigenvalue weighted by molar-refractivity contribution is 5.92. The molecule has 0 saturated carbocycles. The molecule has 0 spiro atoms. The first-order valence-corrected chi connectivity index (χ1v) is 13.5. The molecular formula is C28H44N4O7. The van der Waals surface area contributed by atoms with E-state index in [1.165, 1.54) is 17.0 Å². The molecule has 0 bridgehead atoms. The molecule has 0 radical (unpaired) electrons. The molecule has 1 saturated heterocycles. The van der Waals surface area contributed by atoms with E-state index in [0.717, 1.165) is 0 Å². The van der Waals surface area contributed by atoms with E-state index in [-0.39, 0.29) is 29.9 Å². The summed E-state index contributed by atoms with van der Waals surface area (Å²) in [5, 5.41) is 27.9. The maximum absolute atomic E-state index is 13.7. The minimum Gasteiger partial charge on any atom is -0.508 e. The van der Waals surface area contributed by atoms with Gasteiger partial charge < -0.3 is 35.8 Å². The number of carboxylic acid groups (broad SMARTS) is 1. The molecule has 0 aromatic heterocycles. The molecule has 2 rings (SSSR count). The van der Waals surface area contributed by atoms with Crippen LogP contribution in [0.5, 0.6) is 5.75 Å². The Morgan fingerprint density at radius 3 is 2.36 bits per heavy atom. The number of carboxylic acids is 1. The minimum atomic E-state index is -1.14. The fourth-order valence-corrected chi connectivity index (χ4v) is 4.32. The quantitative estimate of drug-likeness (QED) is 0.220. The van der Waals surface area contributed by atoms with Gasteiger partial charge in [-0.15, -0.1) is 0 Å². The maximum atomic E-state index is 13.7. The van der Waals surface area contributed by atoms with Crippen molar-refractivity contribution < 1.29 is 34.1 Å². The van der Waals surface area contributed by atoms with Crippen molar-refractivity contribution in [3.05, 3.63) is 29.8 Å². The van der Waals surface area contributed by atoms with Gasteiger partial charge in [-0.2, -0.15) is 0 Å². The van der Waals surface area contributed by atoms with Crippen LogP contribution in [0, 0.1) is 11.3 Å². The zero-order valence-corrected chi connectivity index (χ0v) is 23.6. The van der Waals surface area contributed by atoms with Gasteiger partial charge in [0.1, 0.15) is 30.1 Å². The molecule has 0 unspecified atom stereocenters. The third-order valence-electron chi connectivity index (χ3n) is 6.98. The molecule has 1 aromatic rings. The van der Waals surface area contributed by atoms with E-state index in [0.29, 0.717) is 44.5 Å². The third-order valence-corrected chi connectivity index (χ3v) is 6.98. The van der Waals surface area contributed by atoms with Crippen molar-refractivity contribution in [2.24, 2.45) is 11.3 Å². The minimum absolute atomic E-state index is 0.0692. The normalized spacial score (nSPS) is 18.7. The first kappa shape index (κ1) is 32.0. The van der Waals surface area contributed by atoms with Crippen molar-refractivity contribution in [3.63, 3.8) is 0 Å². The number of hydrogen-bond donors (Lipinski definition) is 5. The summed E-state index contributed by atoms with van der Waals surface area (Å²) in [6.07, 6.45) is 1.38. The number of morpholine rings is 1. The van der Waals surface area contributed by atoms with Crippen LogP contribution in [0.3, 0.4) is 0 Å². The van der Waals surface area contributed by atoms with Crippen molar-refractivity contribution >= 4 is 24.2 Å². The van der Waals surface area contributed by atoms with Crippen LogP contribution in [0.15, 0.2) is 24.3 Å². The molecule has 5 atom stereocenters. The Kier molecular flexibility index (Phi) is 12.2. The van der Waals surface area contributed by atoms with Gasteiger partial charge in [0, 0.05) is 19.5 Å². The number of amides is 3. The predicted octanol–water partition coefficient (Wildman–Crippen LogP) is 1.63. The molecule has 39 heavy (non-hydrogen) atoms. The highest BCUT2D eigenvalue weighted by Crippen LogP contribution is 2.22. The number of ether oxygens (including phenoxy) is 1. The molecule has 3 amide bonds. The van der Waals surface area contributed by atoms with Crippen LogP contribution in [-0.2, 0) is 30.3 Å². The standard InChI is InChI=1S/C28H44N4O7/c1-6-18(2)24(26(36)30-21(27(37)38)11-12-28(3,4)5)31-25(35)22(15-19-7-9-20(34)10-8-19)32(17-33)23-16-29-13-14-39-23/h7-10,17-18,21-24,29,34H,6,11-16H2,1-5H3,(H,30,36)(H,31,35)(H,37,38)/t18-,21-,22-,23+,24-/m0/s1. The number of nitrogens with zero attached hydrogens (tertiary/aromatic N) is 1. The molecule has 1 aromatic carbocycles. The molecular weight excluding hydrogens is 504 g/mol. The lowest BCUT2D eigenvalue weighted by molar-refractivity contribution is -0.151. The Morgan fingerprint density at radius 1 is 1.18 bits per heavy atom. The van der Waals surface area contributed by atoms with Gasteiger partial charge in [-0.3, -0.25) is 14.4 Å². The van der Waals surface area contributed by atoms with Crippen molar-refractivity contribution in [1.82, 2.24) is 20.9 Å². The molecule has 1 aliphatic heterocycles. The summed E-state index contributed by atoms with van der Waals surface area (Å²) in [5.41, 5.74) is 0.583. The summed E-state index contributed by atoms with van der Waals surface area (Å²) in [4.78, 5) is 52.5. The second-order valence-corrected chi connectivity index (χ2v) is 11.3. The molecule has 11 heteroatoms. The SMILES string of the molecule is CC[C@H](C)[C@H](NC(=O)[C@H](Cc1ccc(O)cc1)N(C=O)[C@H]1CNCCO1)C(=O)N[C@@H](CCC(C)(C)C)C(=O)O. The van der Waals surface area contributed by atoms with Crippen LogP contribution in [-0.4, -0.2) is 83.4 Å². The van der Waals surface area contributed by atoms with Crippen LogP contribution < -0.4 is 16.0 Å². The third kappa shape index (κ3) is 10.1. The Morgan fingerprint density at radius 2 is 1.85 bits per heavy atom. The largest absolute Gasteiger partial charge is 0.508 e. The summed E-state index contributed by atoms with van der Waals surface area (Å²) in [6, 6.07) is 3.17. The van der Waals surface area contributed by atoms with Crippen molar-refractivity contribution in [2.45, 2.75) is 84.7 Å². The van der Waals surface area contributed by atoms with E-state index >= 15 is 0 Å². The molecule has 5 N–H and O–H groups in total. The number of phenolic OH excluding ortho intramolecular Hbond substituents is 1. The fourth-order valence-electron chi connectivity index (χ4n) is 4.32. The van der Waals surface area contributed by atoms with Crippen LogP contribution in [0.2, 0.25) is 0 Å². The van der Waals surface area contributed by atoms with Crippen LogP contribution >= 0.6 is 0 Å². The lowest BCUT2D eigenvalue weighted by Gasteiger charge is -2.37. The highest BCUT2D eigenvalue weighted by atomic mass is 16.5. The van der Waals surface area contributed by atoms with Gasteiger partial charge in [-0.1, -0.05) is 53.2 Å². The van der Waals surface area contributed by atoms with E-state index in [1.54, 1.807) is 19.1 Å². The van der Waals surface area contributed by atoms with Gasteiger partial charge >= 0.3 is 5.97 Å². The summed E-state index contributed by atoms with van der Waals surface area (Å²) >= 11 is 0. The van der Waals surface area contributed by atoms with Crippen LogP contribution in [0.1, 0.15) is 59.4 Å². The Labute approximate surface area is 230 Å². The highest BCUT2D eigenvalue weighted by Gasteiger charge is 2.36. The Balaban J connectivity index is 2.30. The second kappa shape index (κ2) is 14.8. The monoisotopic (exact) mass is 548 g/mol. The van der Waals surface area contributed by atoms with Gasteiger partial charge in [0.2, 0.25) is 18.2 Å². The smallest absolute Gasteiger partial charge is 0.326 e. The lowest BCUT2D eigenvalue weighted by atomic mass is 9.88. The number of carbonyl (C=O) groups is 4. The zero-order valence-electron chi connectivity index (χ0n) is 23.6. The summed E-state index contributed by atoms with van der Waals surface area (Å²) in [5.74, 6) is -2.53. The van der Waals surface area contributed by atoms with Gasteiger partial charge in [-0.25, -0.2) is 4.79 Å². The van der Waals surface area contributed by atoms with Gasteiger partial charge in [0.15, 0.2) is 0 Å². The number of rotatable bonds is 14. The Bertz CT molecular complexity index is 958.